The van der Waals surface area contributed by atoms with Crippen molar-refractivity contribution in [3.63, 3.8) is 0 Å². The third kappa shape index (κ3) is 5.02. The minimum absolute atomic E-state index is 0. The summed E-state index contributed by atoms with van der Waals surface area (Å²) in [7, 11) is 0. The Morgan fingerprint density at radius 2 is 1.55 bits per heavy atom. The Kier molecular flexibility index (Phi) is 9.52. The van der Waals surface area contributed by atoms with Crippen LogP contribution in [0.4, 0.5) is 0 Å². The van der Waals surface area contributed by atoms with Crippen LogP contribution < -0.4 is 0 Å². The first-order valence-electron chi connectivity index (χ1n) is 4.05. The largest absolute Gasteiger partial charge is 0.144 e. The molecule has 1 heterocycles. The SMILES string of the molecule is C.CC.CCC1(C)SCCS1. The molecule has 1 saturated heterocycles. The van der Waals surface area contributed by atoms with Gasteiger partial charge in [-0.2, -0.15) is 0 Å². The first-order valence-corrected chi connectivity index (χ1v) is 6.02. The zero-order chi connectivity index (χ0) is 8.04. The maximum absolute atomic E-state index is 2.34. The molecule has 2 heteroatoms. The molecule has 0 bridgehead atoms. The van der Waals surface area contributed by atoms with Gasteiger partial charge in [0, 0.05) is 11.5 Å². The second-order valence-electron chi connectivity index (χ2n) is 2.18. The Labute approximate surface area is 80.9 Å². The molecule has 1 rings (SSSR count). The molecule has 0 aliphatic carbocycles. The molecule has 70 valence electrons. The average Bonchev–Trinajstić information content (AvgIpc) is 2.42. The second kappa shape index (κ2) is 7.35. The minimum atomic E-state index is 0. The summed E-state index contributed by atoms with van der Waals surface area (Å²) in [5.41, 5.74) is 0. The van der Waals surface area contributed by atoms with Crippen molar-refractivity contribution in [2.45, 2.75) is 45.6 Å². The molecule has 1 aliphatic heterocycles. The molecule has 11 heavy (non-hydrogen) atoms. The maximum Gasteiger partial charge on any atom is 0.0581 e. The summed E-state index contributed by atoms with van der Waals surface area (Å²) in [6, 6.07) is 0. The van der Waals surface area contributed by atoms with Gasteiger partial charge in [-0.3, -0.25) is 0 Å². The van der Waals surface area contributed by atoms with Crippen molar-refractivity contribution in [2.75, 3.05) is 11.5 Å². The average molecular weight is 194 g/mol. The van der Waals surface area contributed by atoms with Crippen LogP contribution in [-0.2, 0) is 0 Å². The Morgan fingerprint density at radius 3 is 1.73 bits per heavy atom. The van der Waals surface area contributed by atoms with Crippen molar-refractivity contribution >= 4 is 23.5 Å². The van der Waals surface area contributed by atoms with Crippen LogP contribution >= 0.6 is 23.5 Å². The molecule has 0 atom stereocenters. The van der Waals surface area contributed by atoms with Crippen LogP contribution in [0.2, 0.25) is 0 Å². The van der Waals surface area contributed by atoms with Gasteiger partial charge in [0.05, 0.1) is 4.08 Å². The highest BCUT2D eigenvalue weighted by Gasteiger charge is 2.27. The molecule has 0 spiro atoms. The summed E-state index contributed by atoms with van der Waals surface area (Å²) in [6.07, 6.45) is 1.31. The molecule has 0 radical (unpaired) electrons. The van der Waals surface area contributed by atoms with Crippen LogP contribution in [0.1, 0.15) is 41.5 Å². The van der Waals surface area contributed by atoms with E-state index in [9.17, 15) is 0 Å². The summed E-state index contributed by atoms with van der Waals surface area (Å²) >= 11 is 4.22. The Morgan fingerprint density at radius 1 is 1.18 bits per heavy atom. The van der Waals surface area contributed by atoms with E-state index in [1.165, 1.54) is 17.9 Å². The molecule has 1 fully saturated rings. The Bertz CT molecular complexity index is 75.6. The first-order chi connectivity index (χ1) is 4.77. The van der Waals surface area contributed by atoms with Gasteiger partial charge in [0.25, 0.3) is 0 Å². The molecule has 0 unspecified atom stereocenters. The summed E-state index contributed by atoms with van der Waals surface area (Å²) in [4.78, 5) is 0. The zero-order valence-electron chi connectivity index (χ0n) is 7.44. The van der Waals surface area contributed by atoms with Crippen LogP contribution in [0, 0.1) is 0 Å². The molecule has 0 amide bonds. The normalized spacial score (nSPS) is 19.6. The number of rotatable bonds is 1. The highest BCUT2D eigenvalue weighted by atomic mass is 32.2. The van der Waals surface area contributed by atoms with Gasteiger partial charge in [0.1, 0.15) is 0 Å². The molecule has 0 nitrogen and oxygen atoms in total. The van der Waals surface area contributed by atoms with Gasteiger partial charge >= 0.3 is 0 Å². The van der Waals surface area contributed by atoms with Gasteiger partial charge in [-0.25, -0.2) is 0 Å². The molecule has 0 aromatic carbocycles. The summed E-state index contributed by atoms with van der Waals surface area (Å²) in [6.45, 7) is 8.61. The third-order valence-electron chi connectivity index (χ3n) is 1.54. The Balaban J connectivity index is 0. The molecule has 0 aromatic heterocycles. The highest BCUT2D eigenvalue weighted by Crippen LogP contribution is 2.45. The minimum Gasteiger partial charge on any atom is -0.144 e. The van der Waals surface area contributed by atoms with Gasteiger partial charge in [0.15, 0.2) is 0 Å². The molecular weight excluding hydrogens is 172 g/mol. The van der Waals surface area contributed by atoms with E-state index in [2.05, 4.69) is 37.4 Å². The summed E-state index contributed by atoms with van der Waals surface area (Å²) < 4.78 is 0.569. The van der Waals surface area contributed by atoms with Crippen molar-refractivity contribution in [3.8, 4) is 0 Å². The van der Waals surface area contributed by atoms with Crippen LogP contribution in [0.3, 0.4) is 0 Å². The van der Waals surface area contributed by atoms with Crippen molar-refractivity contribution < 1.29 is 0 Å². The summed E-state index contributed by atoms with van der Waals surface area (Å²) in [5.74, 6) is 2.71. The number of hydrogen-bond acceptors (Lipinski definition) is 2. The Hall–Kier alpha value is 0.700. The predicted molar refractivity (Wildman–Crippen MR) is 61.7 cm³/mol. The number of hydrogen-bond donors (Lipinski definition) is 0. The monoisotopic (exact) mass is 194 g/mol. The van der Waals surface area contributed by atoms with Gasteiger partial charge in [-0.05, 0) is 13.3 Å². The lowest BCUT2D eigenvalue weighted by Crippen LogP contribution is -2.07. The van der Waals surface area contributed by atoms with Crippen LogP contribution in [0.5, 0.6) is 0 Å². The van der Waals surface area contributed by atoms with E-state index in [1.54, 1.807) is 0 Å². The lowest BCUT2D eigenvalue weighted by Gasteiger charge is -2.17. The highest BCUT2D eigenvalue weighted by molar-refractivity contribution is 8.21. The van der Waals surface area contributed by atoms with Crippen LogP contribution in [0.15, 0.2) is 0 Å². The lowest BCUT2D eigenvalue weighted by atomic mass is 10.4. The van der Waals surface area contributed by atoms with Gasteiger partial charge < -0.3 is 0 Å². The van der Waals surface area contributed by atoms with E-state index in [-0.39, 0.29) is 7.43 Å². The van der Waals surface area contributed by atoms with Gasteiger partial charge in [-0.1, -0.05) is 28.2 Å². The summed E-state index contributed by atoms with van der Waals surface area (Å²) in [5, 5.41) is 0. The quantitative estimate of drug-likeness (QED) is 0.612. The van der Waals surface area contributed by atoms with E-state index in [1.807, 2.05) is 13.8 Å². The smallest absolute Gasteiger partial charge is 0.0581 e. The van der Waals surface area contributed by atoms with E-state index >= 15 is 0 Å². The van der Waals surface area contributed by atoms with Crippen LogP contribution in [0.25, 0.3) is 0 Å². The van der Waals surface area contributed by atoms with Crippen molar-refractivity contribution in [3.05, 3.63) is 0 Å². The second-order valence-corrected chi connectivity index (χ2v) is 5.64. The molecule has 0 saturated carbocycles. The molecule has 0 N–H and O–H groups in total. The van der Waals surface area contributed by atoms with Crippen molar-refractivity contribution in [2.24, 2.45) is 0 Å². The topological polar surface area (TPSA) is 0 Å². The van der Waals surface area contributed by atoms with Gasteiger partial charge in [-0.15, -0.1) is 23.5 Å². The van der Waals surface area contributed by atoms with E-state index in [0.29, 0.717) is 4.08 Å². The molecular formula is C9H22S2. The van der Waals surface area contributed by atoms with Crippen molar-refractivity contribution in [1.82, 2.24) is 0 Å². The third-order valence-corrected chi connectivity index (χ3v) is 5.12. The predicted octanol–water partition coefficient (Wildman–Crippen LogP) is 4.25. The van der Waals surface area contributed by atoms with Crippen LogP contribution in [-0.4, -0.2) is 15.6 Å². The molecule has 0 aromatic rings. The van der Waals surface area contributed by atoms with E-state index in [4.69, 9.17) is 0 Å². The lowest BCUT2D eigenvalue weighted by molar-refractivity contribution is 0.854. The fourth-order valence-electron chi connectivity index (χ4n) is 0.761. The van der Waals surface area contributed by atoms with Gasteiger partial charge in [0.2, 0.25) is 0 Å². The zero-order valence-corrected chi connectivity index (χ0v) is 9.07. The standard InChI is InChI=1S/C6H12S2.C2H6.CH4/c1-3-6(2)7-4-5-8-6;1-2;/h3-5H2,1-2H3;1-2H3;1H4. The maximum atomic E-state index is 2.34. The fraction of sp³-hybridized carbons (Fsp3) is 1.00. The van der Waals surface area contributed by atoms with E-state index in [0.717, 1.165) is 0 Å². The number of thioether (sulfide) groups is 2. The first kappa shape index (κ1) is 14.2. The van der Waals surface area contributed by atoms with Crippen molar-refractivity contribution in [1.29, 1.82) is 0 Å². The van der Waals surface area contributed by atoms with E-state index < -0.39 is 0 Å². The fourth-order valence-corrected chi connectivity index (χ4v) is 3.53. The molecule has 1 aliphatic rings.